The molecule has 3 nitrogen and oxygen atoms in total. The highest BCUT2D eigenvalue weighted by atomic mass is 35.5. The third-order valence-electron chi connectivity index (χ3n) is 4.19. The highest BCUT2D eigenvalue weighted by Crippen LogP contribution is 2.23. The van der Waals surface area contributed by atoms with Crippen molar-refractivity contribution in [3.05, 3.63) is 80.7 Å². The Morgan fingerprint density at radius 1 is 1.17 bits per heavy atom. The Kier molecular flexibility index (Phi) is 5.03. The van der Waals surface area contributed by atoms with E-state index in [9.17, 15) is 4.79 Å². The highest BCUT2D eigenvalue weighted by molar-refractivity contribution is 6.31. The standard InChI is InChI=1S/C20H20ClNO2/c1-13(12-22)9-18-17(10-14-5-3-2-4-6-14)20(23)16-8-7-15(21)11-19(16)24-18/h2-8,11,13H,9-10,12,22H2,1H3. The van der Waals surface area contributed by atoms with E-state index in [0.717, 1.165) is 5.56 Å². The summed E-state index contributed by atoms with van der Waals surface area (Å²) in [6, 6.07) is 15.1. The fraction of sp³-hybridized carbons (Fsp3) is 0.250. The normalized spacial score (nSPS) is 12.5. The van der Waals surface area contributed by atoms with Crippen molar-refractivity contribution in [1.82, 2.24) is 0 Å². The molecule has 0 aliphatic rings. The van der Waals surface area contributed by atoms with Crippen molar-refractivity contribution in [2.24, 2.45) is 11.7 Å². The monoisotopic (exact) mass is 341 g/mol. The van der Waals surface area contributed by atoms with Gasteiger partial charge in [-0.3, -0.25) is 4.79 Å². The molecule has 3 aromatic rings. The minimum atomic E-state index is 0.0102. The lowest BCUT2D eigenvalue weighted by atomic mass is 9.97. The average Bonchev–Trinajstić information content (AvgIpc) is 2.59. The Bertz CT molecular complexity index is 903. The van der Waals surface area contributed by atoms with Crippen LogP contribution in [0.5, 0.6) is 0 Å². The van der Waals surface area contributed by atoms with Gasteiger partial charge in [0.05, 0.1) is 5.39 Å². The molecule has 2 aromatic carbocycles. The van der Waals surface area contributed by atoms with E-state index in [0.29, 0.717) is 46.7 Å². The lowest BCUT2D eigenvalue weighted by molar-refractivity contribution is 0.469. The largest absolute Gasteiger partial charge is 0.460 e. The third-order valence-corrected chi connectivity index (χ3v) is 4.43. The van der Waals surface area contributed by atoms with Gasteiger partial charge in [0.1, 0.15) is 11.3 Å². The summed E-state index contributed by atoms with van der Waals surface area (Å²) >= 11 is 6.04. The molecular formula is C20H20ClNO2. The first-order valence-corrected chi connectivity index (χ1v) is 8.44. The molecule has 0 aliphatic heterocycles. The summed E-state index contributed by atoms with van der Waals surface area (Å²) < 4.78 is 6.06. The van der Waals surface area contributed by atoms with Crippen molar-refractivity contribution >= 4 is 22.6 Å². The van der Waals surface area contributed by atoms with E-state index in [2.05, 4.69) is 6.92 Å². The molecule has 0 radical (unpaired) electrons. The third kappa shape index (κ3) is 3.53. The molecule has 3 rings (SSSR count). The van der Waals surface area contributed by atoms with Crippen LogP contribution in [0.15, 0.2) is 57.7 Å². The lowest BCUT2D eigenvalue weighted by Gasteiger charge is -2.13. The Morgan fingerprint density at radius 2 is 1.92 bits per heavy atom. The van der Waals surface area contributed by atoms with E-state index in [-0.39, 0.29) is 11.3 Å². The zero-order chi connectivity index (χ0) is 17.1. The van der Waals surface area contributed by atoms with Gasteiger partial charge in [0.15, 0.2) is 5.43 Å². The summed E-state index contributed by atoms with van der Waals surface area (Å²) in [5, 5.41) is 1.12. The van der Waals surface area contributed by atoms with Gasteiger partial charge in [0.25, 0.3) is 0 Å². The smallest absolute Gasteiger partial charge is 0.196 e. The Balaban J connectivity index is 2.16. The second kappa shape index (κ2) is 7.20. The first-order valence-electron chi connectivity index (χ1n) is 8.06. The molecule has 0 bridgehead atoms. The molecule has 0 spiro atoms. The molecule has 0 saturated carbocycles. The number of halogens is 1. The van der Waals surface area contributed by atoms with Gasteiger partial charge in [-0.05, 0) is 30.2 Å². The second-order valence-corrected chi connectivity index (χ2v) is 6.62. The second-order valence-electron chi connectivity index (χ2n) is 6.18. The SMILES string of the molecule is CC(CN)Cc1oc2cc(Cl)ccc2c(=O)c1Cc1ccccc1. The molecule has 1 aromatic heterocycles. The van der Waals surface area contributed by atoms with Crippen LogP contribution in [0, 0.1) is 5.92 Å². The van der Waals surface area contributed by atoms with Gasteiger partial charge in [-0.2, -0.15) is 0 Å². The van der Waals surface area contributed by atoms with Crippen molar-refractivity contribution in [3.8, 4) is 0 Å². The van der Waals surface area contributed by atoms with Crippen molar-refractivity contribution in [3.63, 3.8) is 0 Å². The van der Waals surface area contributed by atoms with Gasteiger partial charge < -0.3 is 10.2 Å². The molecule has 1 heterocycles. The van der Waals surface area contributed by atoms with Crippen LogP contribution in [-0.4, -0.2) is 6.54 Å². The summed E-state index contributed by atoms with van der Waals surface area (Å²) in [4.78, 5) is 13.0. The molecule has 2 N–H and O–H groups in total. The predicted molar refractivity (Wildman–Crippen MR) is 98.7 cm³/mol. The Morgan fingerprint density at radius 3 is 2.62 bits per heavy atom. The number of rotatable bonds is 5. The molecule has 24 heavy (non-hydrogen) atoms. The van der Waals surface area contributed by atoms with Gasteiger partial charge in [0.2, 0.25) is 0 Å². The molecular weight excluding hydrogens is 322 g/mol. The summed E-state index contributed by atoms with van der Waals surface area (Å²) in [5.41, 5.74) is 8.09. The summed E-state index contributed by atoms with van der Waals surface area (Å²) in [7, 11) is 0. The fourth-order valence-corrected chi connectivity index (χ4v) is 2.96. The van der Waals surface area contributed by atoms with Gasteiger partial charge >= 0.3 is 0 Å². The van der Waals surface area contributed by atoms with Crippen molar-refractivity contribution in [2.75, 3.05) is 6.54 Å². The van der Waals surface area contributed by atoms with Gasteiger partial charge in [-0.15, -0.1) is 0 Å². The zero-order valence-electron chi connectivity index (χ0n) is 13.6. The van der Waals surface area contributed by atoms with Crippen LogP contribution in [0.4, 0.5) is 0 Å². The molecule has 0 saturated heterocycles. The van der Waals surface area contributed by atoms with Crippen LogP contribution in [0.25, 0.3) is 11.0 Å². The van der Waals surface area contributed by atoms with Crippen molar-refractivity contribution in [1.29, 1.82) is 0 Å². The van der Waals surface area contributed by atoms with Crippen LogP contribution in [0.1, 0.15) is 23.8 Å². The molecule has 0 aliphatic carbocycles. The van der Waals surface area contributed by atoms with Crippen LogP contribution in [0.3, 0.4) is 0 Å². The van der Waals surface area contributed by atoms with Gasteiger partial charge in [-0.1, -0.05) is 48.9 Å². The molecule has 1 atom stereocenters. The number of hydrogen-bond acceptors (Lipinski definition) is 3. The maximum Gasteiger partial charge on any atom is 0.196 e. The van der Waals surface area contributed by atoms with Crippen molar-refractivity contribution < 1.29 is 4.42 Å². The quantitative estimate of drug-likeness (QED) is 0.757. The highest BCUT2D eigenvalue weighted by Gasteiger charge is 2.17. The van der Waals surface area contributed by atoms with E-state index in [1.54, 1.807) is 18.2 Å². The number of benzene rings is 2. The van der Waals surface area contributed by atoms with Crippen LogP contribution >= 0.6 is 11.6 Å². The van der Waals surface area contributed by atoms with Gasteiger partial charge in [0, 0.05) is 29.5 Å². The van der Waals surface area contributed by atoms with E-state index < -0.39 is 0 Å². The van der Waals surface area contributed by atoms with E-state index in [1.165, 1.54) is 0 Å². The first kappa shape index (κ1) is 16.7. The van der Waals surface area contributed by atoms with Crippen LogP contribution < -0.4 is 11.2 Å². The first-order chi connectivity index (χ1) is 11.6. The summed E-state index contributed by atoms with van der Waals surface area (Å²) in [6.07, 6.45) is 1.19. The summed E-state index contributed by atoms with van der Waals surface area (Å²) in [6.45, 7) is 2.59. The van der Waals surface area contributed by atoms with Crippen molar-refractivity contribution in [2.45, 2.75) is 19.8 Å². The maximum atomic E-state index is 13.0. The lowest BCUT2D eigenvalue weighted by Crippen LogP contribution is -2.18. The zero-order valence-corrected chi connectivity index (χ0v) is 14.3. The maximum absolute atomic E-state index is 13.0. The minimum absolute atomic E-state index is 0.0102. The topological polar surface area (TPSA) is 56.2 Å². The number of nitrogens with two attached hydrogens (primary N) is 1. The van der Waals surface area contributed by atoms with Gasteiger partial charge in [-0.25, -0.2) is 0 Å². The number of hydrogen-bond donors (Lipinski definition) is 1. The molecule has 1 unspecified atom stereocenters. The van der Waals surface area contributed by atoms with Crippen LogP contribution in [0.2, 0.25) is 5.02 Å². The Hall–Kier alpha value is -2.10. The van der Waals surface area contributed by atoms with E-state index in [1.807, 2.05) is 30.3 Å². The molecule has 0 amide bonds. The van der Waals surface area contributed by atoms with E-state index >= 15 is 0 Å². The summed E-state index contributed by atoms with van der Waals surface area (Å²) in [5.74, 6) is 0.941. The van der Waals surface area contributed by atoms with Crippen LogP contribution in [-0.2, 0) is 12.8 Å². The molecule has 0 fully saturated rings. The predicted octanol–water partition coefficient (Wildman–Crippen LogP) is 4.17. The van der Waals surface area contributed by atoms with E-state index in [4.69, 9.17) is 21.8 Å². The molecule has 124 valence electrons. The average molecular weight is 342 g/mol. The minimum Gasteiger partial charge on any atom is -0.460 e. The Labute approximate surface area is 146 Å². The molecule has 4 heteroatoms. The fourth-order valence-electron chi connectivity index (χ4n) is 2.80. The number of fused-ring (bicyclic) bond motifs is 1.